The Balaban J connectivity index is 2.55. The highest BCUT2D eigenvalue weighted by atomic mass is 19.4. The summed E-state index contributed by atoms with van der Waals surface area (Å²) in [6, 6.07) is 2.56. The highest BCUT2D eigenvalue weighted by Crippen LogP contribution is 2.15. The molecule has 0 spiro atoms. The predicted octanol–water partition coefficient (Wildman–Crippen LogP) is 1.86. The number of ether oxygens (including phenoxy) is 1. The molecule has 16 heavy (non-hydrogen) atoms. The van der Waals surface area contributed by atoms with Crippen molar-refractivity contribution in [1.29, 1.82) is 0 Å². The highest BCUT2D eigenvalue weighted by Gasteiger charge is 2.27. The van der Waals surface area contributed by atoms with Crippen LogP contribution in [-0.2, 0) is 11.3 Å². The van der Waals surface area contributed by atoms with E-state index in [0.29, 0.717) is 5.56 Å². The van der Waals surface area contributed by atoms with Crippen molar-refractivity contribution in [2.24, 2.45) is 0 Å². The number of rotatable bonds is 4. The smallest absolute Gasteiger partial charge is 0.411 e. The molecule has 0 saturated heterocycles. The van der Waals surface area contributed by atoms with E-state index < -0.39 is 18.8 Å². The molecule has 1 aromatic heterocycles. The first-order valence-electron chi connectivity index (χ1n) is 4.21. The van der Waals surface area contributed by atoms with Crippen LogP contribution in [0.5, 0.6) is 0 Å². The Morgan fingerprint density at radius 2 is 2.19 bits per heavy atom. The van der Waals surface area contributed by atoms with E-state index in [4.69, 9.17) is 5.11 Å². The van der Waals surface area contributed by atoms with Gasteiger partial charge in [0.25, 0.3) is 0 Å². The molecule has 7 heteroatoms. The van der Waals surface area contributed by atoms with Crippen molar-refractivity contribution < 1.29 is 27.8 Å². The molecule has 1 rings (SSSR count). The minimum Gasteiger partial charge on any atom is -0.477 e. The number of carbonyl (C=O) groups is 1. The molecule has 0 bridgehead atoms. The molecule has 0 aliphatic carbocycles. The first kappa shape index (κ1) is 12.4. The Morgan fingerprint density at radius 1 is 1.50 bits per heavy atom. The van der Waals surface area contributed by atoms with Crippen molar-refractivity contribution >= 4 is 5.97 Å². The van der Waals surface area contributed by atoms with E-state index in [-0.39, 0.29) is 12.3 Å². The Morgan fingerprint density at radius 3 is 2.75 bits per heavy atom. The molecule has 0 aromatic carbocycles. The van der Waals surface area contributed by atoms with Gasteiger partial charge < -0.3 is 9.84 Å². The maximum atomic E-state index is 11.7. The summed E-state index contributed by atoms with van der Waals surface area (Å²) in [4.78, 5) is 14.0. The zero-order valence-electron chi connectivity index (χ0n) is 7.99. The average Bonchev–Trinajstić information content (AvgIpc) is 2.16. The van der Waals surface area contributed by atoms with Crippen LogP contribution in [0, 0.1) is 0 Å². The molecule has 0 aliphatic rings. The number of hydrogen-bond acceptors (Lipinski definition) is 3. The molecule has 0 unspecified atom stereocenters. The van der Waals surface area contributed by atoms with Crippen LogP contribution >= 0.6 is 0 Å². The van der Waals surface area contributed by atoms with Gasteiger partial charge in [-0.05, 0) is 17.7 Å². The van der Waals surface area contributed by atoms with E-state index >= 15 is 0 Å². The monoisotopic (exact) mass is 235 g/mol. The Bertz CT molecular complexity index is 379. The third-order valence-electron chi connectivity index (χ3n) is 1.58. The lowest BCUT2D eigenvalue weighted by Crippen LogP contribution is -2.16. The Kier molecular flexibility index (Phi) is 3.83. The summed E-state index contributed by atoms with van der Waals surface area (Å²) in [6.45, 7) is -1.67. The SMILES string of the molecule is O=C(O)c1cc(COCC(F)(F)F)ccn1. The normalized spacial score (nSPS) is 11.4. The Labute approximate surface area is 88.7 Å². The zero-order chi connectivity index (χ0) is 12.2. The second-order valence-corrected chi connectivity index (χ2v) is 2.96. The summed E-state index contributed by atoms with van der Waals surface area (Å²) in [5.41, 5.74) is 0.102. The molecule has 1 heterocycles. The first-order chi connectivity index (χ1) is 7.38. The number of hydrogen-bond donors (Lipinski definition) is 1. The second kappa shape index (κ2) is 4.93. The van der Waals surface area contributed by atoms with Gasteiger partial charge in [-0.25, -0.2) is 9.78 Å². The van der Waals surface area contributed by atoms with Crippen LogP contribution in [0.25, 0.3) is 0 Å². The van der Waals surface area contributed by atoms with Gasteiger partial charge >= 0.3 is 12.1 Å². The van der Waals surface area contributed by atoms with E-state index in [1.165, 1.54) is 18.3 Å². The number of pyridine rings is 1. The minimum atomic E-state index is -4.39. The quantitative estimate of drug-likeness (QED) is 0.865. The largest absolute Gasteiger partial charge is 0.477 e. The first-order valence-corrected chi connectivity index (χ1v) is 4.21. The van der Waals surface area contributed by atoms with Crippen molar-refractivity contribution in [2.45, 2.75) is 12.8 Å². The lowest BCUT2D eigenvalue weighted by atomic mass is 10.2. The highest BCUT2D eigenvalue weighted by molar-refractivity contribution is 5.85. The predicted molar refractivity (Wildman–Crippen MR) is 46.9 cm³/mol. The van der Waals surface area contributed by atoms with E-state index in [1.807, 2.05) is 0 Å². The molecule has 0 amide bonds. The molecular weight excluding hydrogens is 227 g/mol. The van der Waals surface area contributed by atoms with Crippen molar-refractivity contribution in [1.82, 2.24) is 4.98 Å². The number of alkyl halides is 3. The number of aromatic nitrogens is 1. The van der Waals surface area contributed by atoms with Crippen LogP contribution in [-0.4, -0.2) is 28.8 Å². The van der Waals surface area contributed by atoms with Gasteiger partial charge in [0.15, 0.2) is 0 Å². The maximum absolute atomic E-state index is 11.7. The van der Waals surface area contributed by atoms with Crippen molar-refractivity contribution in [3.63, 3.8) is 0 Å². The topological polar surface area (TPSA) is 59.4 Å². The number of carboxylic acids is 1. The number of aromatic carboxylic acids is 1. The second-order valence-electron chi connectivity index (χ2n) is 2.96. The standard InChI is InChI=1S/C9H8F3NO3/c10-9(11,12)5-16-4-6-1-2-13-7(3-6)8(14)15/h1-3H,4-5H2,(H,14,15). The van der Waals surface area contributed by atoms with Crippen LogP contribution < -0.4 is 0 Å². The molecule has 0 fully saturated rings. The molecule has 0 aliphatic heterocycles. The third-order valence-corrected chi connectivity index (χ3v) is 1.58. The van der Waals surface area contributed by atoms with E-state index in [2.05, 4.69) is 9.72 Å². The molecule has 4 nitrogen and oxygen atoms in total. The number of carboxylic acid groups (broad SMARTS) is 1. The van der Waals surface area contributed by atoms with Crippen LogP contribution in [0.4, 0.5) is 13.2 Å². The van der Waals surface area contributed by atoms with Gasteiger partial charge in [0, 0.05) is 6.20 Å². The van der Waals surface area contributed by atoms with Gasteiger partial charge in [-0.2, -0.15) is 13.2 Å². The van der Waals surface area contributed by atoms with Crippen molar-refractivity contribution in [3.8, 4) is 0 Å². The maximum Gasteiger partial charge on any atom is 0.411 e. The van der Waals surface area contributed by atoms with E-state index in [1.54, 1.807) is 0 Å². The van der Waals surface area contributed by atoms with Crippen LogP contribution in [0.1, 0.15) is 16.1 Å². The van der Waals surface area contributed by atoms with Crippen LogP contribution in [0.2, 0.25) is 0 Å². The summed E-state index contributed by atoms with van der Waals surface area (Å²) in [5, 5.41) is 8.58. The zero-order valence-corrected chi connectivity index (χ0v) is 7.99. The number of nitrogens with zero attached hydrogens (tertiary/aromatic N) is 1. The molecule has 1 N–H and O–H groups in total. The van der Waals surface area contributed by atoms with Crippen molar-refractivity contribution in [3.05, 3.63) is 29.6 Å². The van der Waals surface area contributed by atoms with E-state index in [0.717, 1.165) is 0 Å². The Hall–Kier alpha value is -1.63. The minimum absolute atomic E-state index is 0.229. The van der Waals surface area contributed by atoms with Gasteiger partial charge in [0.2, 0.25) is 0 Å². The van der Waals surface area contributed by atoms with E-state index in [9.17, 15) is 18.0 Å². The summed E-state index contributed by atoms with van der Waals surface area (Å²) in [5.74, 6) is -1.24. The summed E-state index contributed by atoms with van der Waals surface area (Å²) < 4.78 is 39.6. The molecule has 1 aromatic rings. The molecular formula is C9H8F3NO3. The fourth-order valence-corrected chi connectivity index (χ4v) is 0.966. The third kappa shape index (κ3) is 4.26. The molecule has 0 saturated carbocycles. The lowest BCUT2D eigenvalue weighted by Gasteiger charge is -2.07. The van der Waals surface area contributed by atoms with Crippen LogP contribution in [0.3, 0.4) is 0 Å². The van der Waals surface area contributed by atoms with Gasteiger partial charge in [-0.15, -0.1) is 0 Å². The fraction of sp³-hybridized carbons (Fsp3) is 0.333. The van der Waals surface area contributed by atoms with Gasteiger partial charge in [-0.3, -0.25) is 0 Å². The molecule has 88 valence electrons. The summed E-state index contributed by atoms with van der Waals surface area (Å²) in [6.07, 6.45) is -3.18. The van der Waals surface area contributed by atoms with Gasteiger partial charge in [0.05, 0.1) is 6.61 Å². The average molecular weight is 235 g/mol. The summed E-state index contributed by atoms with van der Waals surface area (Å²) >= 11 is 0. The molecule has 0 atom stereocenters. The fourth-order valence-electron chi connectivity index (χ4n) is 0.966. The van der Waals surface area contributed by atoms with Crippen LogP contribution in [0.15, 0.2) is 18.3 Å². The lowest BCUT2D eigenvalue weighted by molar-refractivity contribution is -0.176. The number of halogens is 3. The van der Waals surface area contributed by atoms with Gasteiger partial charge in [-0.1, -0.05) is 0 Å². The van der Waals surface area contributed by atoms with Gasteiger partial charge in [0.1, 0.15) is 12.3 Å². The van der Waals surface area contributed by atoms with Crippen molar-refractivity contribution in [2.75, 3.05) is 6.61 Å². The molecule has 0 radical (unpaired) electrons. The summed E-state index contributed by atoms with van der Waals surface area (Å²) in [7, 11) is 0.